The predicted molar refractivity (Wildman–Crippen MR) is 96.1 cm³/mol. The summed E-state index contributed by atoms with van der Waals surface area (Å²) in [6, 6.07) is 10.6. The Morgan fingerprint density at radius 3 is 2.32 bits per heavy atom. The molecule has 25 heavy (non-hydrogen) atoms. The zero-order valence-electron chi connectivity index (χ0n) is 15.1. The molecule has 1 saturated heterocycles. The molecule has 1 N–H and O–H groups in total. The smallest absolute Gasteiger partial charge is 0.308 e. The first kappa shape index (κ1) is 17.9. The van der Waals surface area contributed by atoms with E-state index in [1.54, 1.807) is 0 Å². The van der Waals surface area contributed by atoms with Gasteiger partial charge in [-0.25, -0.2) is 0 Å². The van der Waals surface area contributed by atoms with E-state index in [2.05, 4.69) is 41.5 Å². The third-order valence-electron chi connectivity index (χ3n) is 5.69. The van der Waals surface area contributed by atoms with Crippen molar-refractivity contribution in [2.24, 2.45) is 11.8 Å². The average molecular weight is 344 g/mol. The Labute approximate surface area is 149 Å². The first-order valence-electron chi connectivity index (χ1n) is 9.20. The molecule has 1 aromatic carbocycles. The van der Waals surface area contributed by atoms with Crippen molar-refractivity contribution in [1.29, 1.82) is 0 Å². The molecule has 0 radical (unpaired) electrons. The minimum absolute atomic E-state index is 0.0169. The third kappa shape index (κ3) is 4.21. The van der Waals surface area contributed by atoms with Crippen molar-refractivity contribution in [2.45, 2.75) is 37.6 Å². The summed E-state index contributed by atoms with van der Waals surface area (Å²) in [6.07, 6.45) is 3.03. The number of hydrogen-bond donors (Lipinski definition) is 1. The summed E-state index contributed by atoms with van der Waals surface area (Å²) in [5.74, 6) is 0.318. The second-order valence-corrected chi connectivity index (χ2v) is 7.43. The van der Waals surface area contributed by atoms with E-state index in [0.29, 0.717) is 5.92 Å². The van der Waals surface area contributed by atoms with Crippen LogP contribution >= 0.6 is 0 Å². The number of amides is 1. The molecule has 136 valence electrons. The van der Waals surface area contributed by atoms with Crippen molar-refractivity contribution in [1.82, 2.24) is 10.2 Å². The summed E-state index contributed by atoms with van der Waals surface area (Å²) in [7, 11) is 3.53. The second-order valence-electron chi connectivity index (χ2n) is 7.43. The summed E-state index contributed by atoms with van der Waals surface area (Å²) >= 11 is 0. The molecular formula is C20H28N2O3. The fourth-order valence-electron chi connectivity index (χ4n) is 4.24. The van der Waals surface area contributed by atoms with Crippen LogP contribution in [0.15, 0.2) is 30.3 Å². The van der Waals surface area contributed by atoms with Gasteiger partial charge in [-0.1, -0.05) is 30.3 Å². The number of methoxy groups -OCH3 is 1. The Bertz CT molecular complexity index is 596. The van der Waals surface area contributed by atoms with Gasteiger partial charge in [0, 0.05) is 31.0 Å². The molecule has 5 nitrogen and oxygen atoms in total. The molecule has 0 unspecified atom stereocenters. The van der Waals surface area contributed by atoms with Crippen LogP contribution in [0.1, 0.15) is 37.2 Å². The minimum atomic E-state index is -0.139. The number of rotatable bonds is 4. The molecule has 2 aliphatic rings. The Balaban J connectivity index is 1.58. The lowest BCUT2D eigenvalue weighted by molar-refractivity contribution is -0.147. The van der Waals surface area contributed by atoms with Gasteiger partial charge in [0.25, 0.3) is 0 Å². The van der Waals surface area contributed by atoms with E-state index in [-0.39, 0.29) is 29.8 Å². The van der Waals surface area contributed by atoms with Crippen LogP contribution in [0.4, 0.5) is 0 Å². The van der Waals surface area contributed by atoms with Crippen molar-refractivity contribution in [3.8, 4) is 0 Å². The number of nitrogens with one attached hydrogen (secondary N) is 1. The molecule has 1 aliphatic heterocycles. The normalized spacial score (nSPS) is 30.0. The maximum atomic E-state index is 12.7. The average Bonchev–Trinajstić information content (AvgIpc) is 3.02. The van der Waals surface area contributed by atoms with Gasteiger partial charge >= 0.3 is 5.97 Å². The standard InChI is InChI=1S/C20H28N2O3/c1-22-12-17(14-6-4-3-5-7-14)18(13-22)21-19(23)15-8-10-16(11-9-15)20(24)25-2/h3-7,15-18H,8-13H2,1-2H3,(H,21,23)/t15?,16?,17-,18+/m0/s1. The summed E-state index contributed by atoms with van der Waals surface area (Å²) in [5, 5.41) is 3.29. The van der Waals surface area contributed by atoms with Crippen LogP contribution in [0.25, 0.3) is 0 Å². The van der Waals surface area contributed by atoms with E-state index in [1.165, 1.54) is 12.7 Å². The maximum Gasteiger partial charge on any atom is 0.308 e. The number of hydrogen-bond acceptors (Lipinski definition) is 4. The van der Waals surface area contributed by atoms with Gasteiger partial charge in [0.2, 0.25) is 5.91 Å². The van der Waals surface area contributed by atoms with Gasteiger partial charge in [-0.15, -0.1) is 0 Å². The number of likely N-dealkylation sites (tertiary alicyclic amines) is 1. The maximum absolute atomic E-state index is 12.7. The summed E-state index contributed by atoms with van der Waals surface area (Å²) in [4.78, 5) is 26.6. The van der Waals surface area contributed by atoms with Crippen LogP contribution in [0, 0.1) is 11.8 Å². The van der Waals surface area contributed by atoms with E-state index in [9.17, 15) is 9.59 Å². The molecule has 2 fully saturated rings. The molecule has 1 heterocycles. The monoisotopic (exact) mass is 344 g/mol. The first-order valence-corrected chi connectivity index (χ1v) is 9.20. The Hall–Kier alpha value is -1.88. The molecule has 1 saturated carbocycles. The van der Waals surface area contributed by atoms with Crippen molar-refractivity contribution < 1.29 is 14.3 Å². The highest BCUT2D eigenvalue weighted by Gasteiger charge is 2.36. The van der Waals surface area contributed by atoms with Crippen molar-refractivity contribution in [3.63, 3.8) is 0 Å². The molecule has 0 spiro atoms. The highest BCUT2D eigenvalue weighted by molar-refractivity contribution is 5.80. The van der Waals surface area contributed by atoms with Gasteiger partial charge in [0.1, 0.15) is 0 Å². The molecule has 0 bridgehead atoms. The lowest BCUT2D eigenvalue weighted by Crippen LogP contribution is -2.43. The van der Waals surface area contributed by atoms with Gasteiger partial charge in [-0.2, -0.15) is 0 Å². The minimum Gasteiger partial charge on any atom is -0.469 e. The lowest BCUT2D eigenvalue weighted by atomic mass is 9.81. The number of likely N-dealkylation sites (N-methyl/N-ethyl adjacent to an activating group) is 1. The SMILES string of the molecule is COC(=O)C1CCC(C(=O)N[C@@H]2CN(C)C[C@H]2c2ccccc2)CC1. The third-order valence-corrected chi connectivity index (χ3v) is 5.69. The molecule has 3 rings (SSSR count). The van der Waals surface area contributed by atoms with E-state index in [4.69, 9.17) is 4.74 Å². The number of carbonyl (C=O) groups is 2. The number of carbonyl (C=O) groups excluding carboxylic acids is 2. The van der Waals surface area contributed by atoms with E-state index >= 15 is 0 Å². The predicted octanol–water partition coefficient (Wildman–Crippen LogP) is 2.18. The van der Waals surface area contributed by atoms with E-state index in [1.807, 2.05) is 6.07 Å². The van der Waals surface area contributed by atoms with Gasteiger partial charge in [-0.3, -0.25) is 9.59 Å². The van der Waals surface area contributed by atoms with E-state index < -0.39 is 0 Å². The van der Waals surface area contributed by atoms with Crippen LogP contribution in [-0.4, -0.2) is 50.1 Å². The van der Waals surface area contributed by atoms with Crippen molar-refractivity contribution in [3.05, 3.63) is 35.9 Å². The fraction of sp³-hybridized carbons (Fsp3) is 0.600. The molecular weight excluding hydrogens is 316 g/mol. The zero-order valence-corrected chi connectivity index (χ0v) is 15.1. The van der Waals surface area contributed by atoms with Gasteiger partial charge in [0.15, 0.2) is 0 Å². The Morgan fingerprint density at radius 1 is 1.04 bits per heavy atom. The molecule has 1 aliphatic carbocycles. The summed E-state index contributed by atoms with van der Waals surface area (Å²) in [5.41, 5.74) is 1.28. The van der Waals surface area contributed by atoms with Gasteiger partial charge in [0.05, 0.1) is 13.0 Å². The summed E-state index contributed by atoms with van der Waals surface area (Å²) < 4.78 is 4.82. The first-order chi connectivity index (χ1) is 12.1. The van der Waals surface area contributed by atoms with Crippen LogP contribution in [0.2, 0.25) is 0 Å². The summed E-state index contributed by atoms with van der Waals surface area (Å²) in [6.45, 7) is 1.84. The van der Waals surface area contributed by atoms with Crippen molar-refractivity contribution in [2.75, 3.05) is 27.2 Å². The van der Waals surface area contributed by atoms with E-state index in [0.717, 1.165) is 38.8 Å². The molecule has 5 heteroatoms. The van der Waals surface area contributed by atoms with Crippen LogP contribution in [-0.2, 0) is 14.3 Å². The molecule has 2 atom stereocenters. The van der Waals surface area contributed by atoms with Crippen LogP contribution in [0.3, 0.4) is 0 Å². The quantitative estimate of drug-likeness (QED) is 0.851. The highest BCUT2D eigenvalue weighted by atomic mass is 16.5. The van der Waals surface area contributed by atoms with Gasteiger partial charge < -0.3 is 15.0 Å². The Kier molecular flexibility index (Phi) is 5.74. The number of benzene rings is 1. The zero-order chi connectivity index (χ0) is 17.8. The van der Waals surface area contributed by atoms with Crippen molar-refractivity contribution >= 4 is 11.9 Å². The number of esters is 1. The molecule has 1 aromatic rings. The van der Waals surface area contributed by atoms with Gasteiger partial charge in [-0.05, 0) is 38.3 Å². The largest absolute Gasteiger partial charge is 0.469 e. The van der Waals surface area contributed by atoms with Crippen LogP contribution in [0.5, 0.6) is 0 Å². The molecule has 1 amide bonds. The topological polar surface area (TPSA) is 58.6 Å². The number of ether oxygens (including phenoxy) is 1. The van der Waals surface area contributed by atoms with Crippen LogP contribution < -0.4 is 5.32 Å². The molecule has 0 aromatic heterocycles. The Morgan fingerprint density at radius 2 is 1.68 bits per heavy atom. The highest BCUT2D eigenvalue weighted by Crippen LogP contribution is 2.31. The fourth-order valence-corrected chi connectivity index (χ4v) is 4.24. The lowest BCUT2D eigenvalue weighted by Gasteiger charge is -2.28. The second kappa shape index (κ2) is 8.00. The number of nitrogens with zero attached hydrogens (tertiary/aromatic N) is 1.